The van der Waals surface area contributed by atoms with E-state index in [2.05, 4.69) is 54.1 Å². The highest BCUT2D eigenvalue weighted by Crippen LogP contribution is 2.30. The minimum absolute atomic E-state index is 0.293. The fourth-order valence-corrected chi connectivity index (χ4v) is 2.56. The highest BCUT2D eigenvalue weighted by atomic mass is 79.9. The Balaban J connectivity index is 2.48. The Kier molecular flexibility index (Phi) is 5.10. The number of aryl methyl sites for hydroxylation is 1. The van der Waals surface area contributed by atoms with Crippen molar-refractivity contribution >= 4 is 37.7 Å². The highest BCUT2D eigenvalue weighted by molar-refractivity contribution is 9.11. The summed E-state index contributed by atoms with van der Waals surface area (Å²) in [6.45, 7) is 4.83. The molecule has 6 heteroatoms. The molecule has 1 heterocycles. The minimum Gasteiger partial charge on any atom is -0.369 e. The lowest BCUT2D eigenvalue weighted by Gasteiger charge is -2.11. The van der Waals surface area contributed by atoms with Gasteiger partial charge >= 0.3 is 0 Å². The van der Waals surface area contributed by atoms with E-state index in [4.69, 9.17) is 0 Å². The molecule has 0 saturated heterocycles. The maximum absolute atomic E-state index is 13.2. The number of halogens is 3. The van der Waals surface area contributed by atoms with Crippen molar-refractivity contribution in [3.05, 3.63) is 38.7 Å². The van der Waals surface area contributed by atoms with Crippen molar-refractivity contribution in [2.45, 2.75) is 20.3 Å². The summed E-state index contributed by atoms with van der Waals surface area (Å²) >= 11 is 6.84. The van der Waals surface area contributed by atoms with E-state index >= 15 is 0 Å². The van der Waals surface area contributed by atoms with E-state index in [1.54, 1.807) is 6.07 Å². The zero-order valence-corrected chi connectivity index (χ0v) is 14.3. The predicted molar refractivity (Wildman–Crippen MR) is 86.3 cm³/mol. The maximum Gasteiger partial charge on any atom is 0.162 e. The van der Waals surface area contributed by atoms with E-state index in [-0.39, 0.29) is 5.82 Å². The number of aromatic nitrogens is 2. The van der Waals surface area contributed by atoms with E-state index in [1.807, 2.05) is 6.92 Å². The summed E-state index contributed by atoms with van der Waals surface area (Å²) in [5, 5.41) is 3.26. The molecule has 0 bridgehead atoms. The maximum atomic E-state index is 13.2. The number of hydrogen-bond acceptors (Lipinski definition) is 3. The Bertz CT molecular complexity index is 632. The third kappa shape index (κ3) is 3.35. The Morgan fingerprint density at radius 3 is 2.65 bits per heavy atom. The average Bonchev–Trinajstić information content (AvgIpc) is 2.40. The Morgan fingerprint density at radius 2 is 2.00 bits per heavy atom. The summed E-state index contributed by atoms with van der Waals surface area (Å²) in [7, 11) is 0. The van der Waals surface area contributed by atoms with Crippen molar-refractivity contribution in [1.82, 2.24) is 9.97 Å². The Hall–Kier alpha value is -1.01. The number of rotatable bonds is 4. The lowest BCUT2D eigenvalue weighted by Crippen LogP contribution is -2.06. The summed E-state index contributed by atoms with van der Waals surface area (Å²) in [6, 6.07) is 4.49. The molecule has 106 valence electrons. The molecule has 3 nitrogen and oxygen atoms in total. The van der Waals surface area contributed by atoms with Gasteiger partial charge in [0.1, 0.15) is 11.6 Å². The first-order valence-electron chi connectivity index (χ1n) is 6.26. The van der Waals surface area contributed by atoms with Gasteiger partial charge in [0.2, 0.25) is 0 Å². The molecule has 0 aliphatic heterocycles. The summed E-state index contributed by atoms with van der Waals surface area (Å²) in [6.07, 6.45) is 1.01. The van der Waals surface area contributed by atoms with Crippen LogP contribution in [0.3, 0.4) is 0 Å². The van der Waals surface area contributed by atoms with Crippen LogP contribution < -0.4 is 5.32 Å². The van der Waals surface area contributed by atoms with Crippen LogP contribution in [-0.2, 0) is 0 Å². The van der Waals surface area contributed by atoms with Crippen LogP contribution >= 0.6 is 31.9 Å². The van der Waals surface area contributed by atoms with Crippen molar-refractivity contribution in [2.75, 3.05) is 11.9 Å². The summed E-state index contributed by atoms with van der Waals surface area (Å²) < 4.78 is 14.7. The third-order valence-corrected chi connectivity index (χ3v) is 4.34. The molecule has 0 unspecified atom stereocenters. The van der Waals surface area contributed by atoms with Gasteiger partial charge in [0.25, 0.3) is 0 Å². The molecule has 1 aromatic heterocycles. The molecular formula is C14H14Br2FN3. The Morgan fingerprint density at radius 1 is 1.25 bits per heavy atom. The molecule has 2 rings (SSSR count). The van der Waals surface area contributed by atoms with Crippen LogP contribution in [0.2, 0.25) is 0 Å². The number of anilines is 1. The van der Waals surface area contributed by atoms with E-state index in [9.17, 15) is 4.39 Å². The van der Waals surface area contributed by atoms with Crippen LogP contribution in [0.5, 0.6) is 0 Å². The summed E-state index contributed by atoms with van der Waals surface area (Å²) in [5.41, 5.74) is 1.60. The Labute approximate surface area is 134 Å². The van der Waals surface area contributed by atoms with Crippen LogP contribution in [0, 0.1) is 12.7 Å². The van der Waals surface area contributed by atoms with Crippen LogP contribution in [0.25, 0.3) is 11.4 Å². The van der Waals surface area contributed by atoms with Crippen LogP contribution in [0.4, 0.5) is 10.2 Å². The molecule has 0 spiro atoms. The van der Waals surface area contributed by atoms with Gasteiger partial charge in [-0.25, -0.2) is 14.4 Å². The van der Waals surface area contributed by atoms with Crippen LogP contribution in [-0.4, -0.2) is 16.5 Å². The van der Waals surface area contributed by atoms with Crippen molar-refractivity contribution in [3.63, 3.8) is 0 Å². The lowest BCUT2D eigenvalue weighted by molar-refractivity contribution is 0.627. The van der Waals surface area contributed by atoms with Gasteiger partial charge in [-0.15, -0.1) is 0 Å². The average molecular weight is 403 g/mol. The van der Waals surface area contributed by atoms with Gasteiger partial charge in [0.15, 0.2) is 5.82 Å². The third-order valence-electron chi connectivity index (χ3n) is 2.73. The number of nitrogens with one attached hydrogen (secondary N) is 1. The van der Waals surface area contributed by atoms with Gasteiger partial charge < -0.3 is 5.32 Å². The minimum atomic E-state index is -0.293. The second-order valence-corrected chi connectivity index (χ2v) is 5.99. The van der Waals surface area contributed by atoms with E-state index in [0.29, 0.717) is 10.3 Å². The predicted octanol–water partition coefficient (Wildman–Crippen LogP) is 4.94. The number of hydrogen-bond donors (Lipinski definition) is 1. The topological polar surface area (TPSA) is 37.8 Å². The molecule has 0 aliphatic rings. The molecule has 1 aromatic carbocycles. The molecule has 0 fully saturated rings. The molecule has 0 radical (unpaired) electrons. The zero-order chi connectivity index (χ0) is 14.7. The molecule has 0 aliphatic carbocycles. The van der Waals surface area contributed by atoms with Crippen molar-refractivity contribution in [3.8, 4) is 11.4 Å². The van der Waals surface area contributed by atoms with Crippen LogP contribution in [0.1, 0.15) is 19.0 Å². The highest BCUT2D eigenvalue weighted by Gasteiger charge is 2.13. The largest absolute Gasteiger partial charge is 0.369 e. The molecule has 2 aromatic rings. The number of nitrogens with zero attached hydrogens (tertiary/aromatic N) is 2. The lowest BCUT2D eigenvalue weighted by atomic mass is 10.2. The van der Waals surface area contributed by atoms with Crippen molar-refractivity contribution < 1.29 is 4.39 Å². The van der Waals surface area contributed by atoms with Gasteiger partial charge in [0, 0.05) is 16.6 Å². The zero-order valence-electron chi connectivity index (χ0n) is 11.2. The first kappa shape index (κ1) is 15.4. The van der Waals surface area contributed by atoms with Gasteiger partial charge in [0.05, 0.1) is 10.2 Å². The molecular weight excluding hydrogens is 389 g/mol. The molecule has 0 amide bonds. The smallest absolute Gasteiger partial charge is 0.162 e. The SMILES string of the molecule is CCCNc1nc(-c2ccc(F)cc2Br)nc(C)c1Br. The second-order valence-electron chi connectivity index (χ2n) is 4.35. The summed E-state index contributed by atoms with van der Waals surface area (Å²) in [4.78, 5) is 8.96. The monoisotopic (exact) mass is 401 g/mol. The van der Waals surface area contributed by atoms with Crippen molar-refractivity contribution in [1.29, 1.82) is 0 Å². The van der Waals surface area contributed by atoms with Gasteiger partial charge in [-0.3, -0.25) is 0 Å². The van der Waals surface area contributed by atoms with Gasteiger partial charge in [-0.1, -0.05) is 6.92 Å². The van der Waals surface area contributed by atoms with Crippen LogP contribution in [0.15, 0.2) is 27.1 Å². The van der Waals surface area contributed by atoms with Gasteiger partial charge in [-0.05, 0) is 63.4 Å². The van der Waals surface area contributed by atoms with Crippen molar-refractivity contribution in [2.24, 2.45) is 0 Å². The number of benzene rings is 1. The molecule has 1 N–H and O–H groups in total. The molecule has 0 saturated carbocycles. The standard InChI is InChI=1S/C14H14Br2FN3/c1-3-6-18-14-12(16)8(2)19-13(20-14)10-5-4-9(17)7-11(10)15/h4-5,7H,3,6H2,1-2H3,(H,18,19,20). The first-order valence-corrected chi connectivity index (χ1v) is 7.85. The quantitative estimate of drug-likeness (QED) is 0.787. The first-order chi connectivity index (χ1) is 9.52. The van der Waals surface area contributed by atoms with E-state index in [1.165, 1.54) is 12.1 Å². The normalized spacial score (nSPS) is 10.7. The molecule has 0 atom stereocenters. The van der Waals surface area contributed by atoms with Gasteiger partial charge in [-0.2, -0.15) is 0 Å². The van der Waals surface area contributed by atoms with E-state index < -0.39 is 0 Å². The second kappa shape index (κ2) is 6.63. The van der Waals surface area contributed by atoms with E-state index in [0.717, 1.165) is 34.5 Å². The molecule has 20 heavy (non-hydrogen) atoms. The summed E-state index contributed by atoms with van der Waals surface area (Å²) in [5.74, 6) is 1.03. The fraction of sp³-hybridized carbons (Fsp3) is 0.286. The fourth-order valence-electron chi connectivity index (χ4n) is 1.71.